The Morgan fingerprint density at radius 3 is 2.82 bits per heavy atom. The molecule has 2 heterocycles. The Morgan fingerprint density at radius 2 is 2.24 bits per heavy atom. The van der Waals surface area contributed by atoms with Gasteiger partial charge in [0, 0.05) is 18.3 Å². The van der Waals surface area contributed by atoms with Crippen LogP contribution in [0.15, 0.2) is 16.7 Å². The average Bonchev–Trinajstić information content (AvgIpc) is 2.58. The Balaban J connectivity index is 2.75. The van der Waals surface area contributed by atoms with E-state index in [4.69, 9.17) is 5.73 Å². The fraction of sp³-hybridized carbons (Fsp3) is 0.417. The van der Waals surface area contributed by atoms with E-state index >= 15 is 0 Å². The van der Waals surface area contributed by atoms with Gasteiger partial charge in [-0.1, -0.05) is 13.8 Å². The van der Waals surface area contributed by atoms with Crippen LogP contribution >= 0.6 is 15.9 Å². The van der Waals surface area contributed by atoms with Crippen molar-refractivity contribution in [3.63, 3.8) is 0 Å². The summed E-state index contributed by atoms with van der Waals surface area (Å²) >= 11 is 3.34. The molecule has 0 aliphatic rings. The quantitative estimate of drug-likeness (QED) is 0.947. The zero-order valence-corrected chi connectivity index (χ0v) is 11.5. The molecule has 2 rings (SSSR count). The van der Waals surface area contributed by atoms with Crippen molar-refractivity contribution in [1.29, 1.82) is 0 Å². The lowest BCUT2D eigenvalue weighted by Gasteiger charge is -2.06. The van der Waals surface area contributed by atoms with Crippen LogP contribution in [0.2, 0.25) is 0 Å². The topological polar surface area (TPSA) is 43.3 Å². The molecule has 0 saturated heterocycles. The number of rotatable bonds is 3. The molecule has 0 saturated carbocycles. The number of aromatic nitrogens is 2. The minimum Gasteiger partial charge on any atom is -0.330 e. The van der Waals surface area contributed by atoms with E-state index in [9.17, 15) is 4.39 Å². The predicted octanol–water partition coefficient (Wildman–Crippen LogP) is 2.86. The van der Waals surface area contributed by atoms with E-state index in [1.54, 1.807) is 4.40 Å². The third-order valence-electron chi connectivity index (χ3n) is 2.70. The number of nitrogens with zero attached hydrogens (tertiary/aromatic N) is 2. The van der Waals surface area contributed by atoms with E-state index in [1.807, 2.05) is 0 Å². The van der Waals surface area contributed by atoms with Gasteiger partial charge in [-0.3, -0.25) is 4.40 Å². The van der Waals surface area contributed by atoms with Crippen molar-refractivity contribution in [2.45, 2.75) is 26.2 Å². The molecule has 0 aliphatic heterocycles. The Morgan fingerprint density at radius 1 is 1.53 bits per heavy atom. The van der Waals surface area contributed by atoms with Crippen molar-refractivity contribution in [3.8, 4) is 0 Å². The average molecular weight is 300 g/mol. The van der Waals surface area contributed by atoms with Crippen LogP contribution in [0, 0.1) is 5.82 Å². The highest BCUT2D eigenvalue weighted by molar-refractivity contribution is 9.10. The van der Waals surface area contributed by atoms with E-state index in [-0.39, 0.29) is 5.82 Å². The molecule has 0 spiro atoms. The largest absolute Gasteiger partial charge is 0.330 e. The van der Waals surface area contributed by atoms with Crippen molar-refractivity contribution in [3.05, 3.63) is 33.9 Å². The van der Waals surface area contributed by atoms with Gasteiger partial charge in [-0.05, 0) is 34.5 Å². The van der Waals surface area contributed by atoms with Crippen LogP contribution < -0.4 is 5.73 Å². The van der Waals surface area contributed by atoms with Crippen molar-refractivity contribution in [2.75, 3.05) is 6.54 Å². The van der Waals surface area contributed by atoms with Crippen LogP contribution in [-0.4, -0.2) is 15.9 Å². The maximum Gasteiger partial charge on any atom is 0.151 e. The number of nitrogens with two attached hydrogens (primary N) is 1. The van der Waals surface area contributed by atoms with Crippen LogP contribution in [-0.2, 0) is 6.42 Å². The molecule has 0 bridgehead atoms. The molecule has 0 aliphatic carbocycles. The number of hydrogen-bond donors (Lipinski definition) is 1. The van der Waals surface area contributed by atoms with Gasteiger partial charge < -0.3 is 5.73 Å². The lowest BCUT2D eigenvalue weighted by molar-refractivity contribution is 0.616. The summed E-state index contributed by atoms with van der Waals surface area (Å²) in [5.41, 5.74) is 8.34. The monoisotopic (exact) mass is 299 g/mol. The molecule has 0 unspecified atom stereocenters. The van der Waals surface area contributed by atoms with E-state index < -0.39 is 0 Å². The Hall–Kier alpha value is -0.940. The number of imidazole rings is 1. The summed E-state index contributed by atoms with van der Waals surface area (Å²) in [4.78, 5) is 4.57. The molecule has 0 radical (unpaired) electrons. The van der Waals surface area contributed by atoms with Crippen molar-refractivity contribution >= 4 is 21.6 Å². The molecule has 5 heteroatoms. The second-order valence-electron chi connectivity index (χ2n) is 4.34. The first kappa shape index (κ1) is 12.5. The fourth-order valence-corrected chi connectivity index (χ4v) is 2.48. The molecule has 92 valence electrons. The highest BCUT2D eigenvalue weighted by atomic mass is 79.9. The SMILES string of the molecule is CC(C)c1nc2c(Br)cc(F)cn2c1CCN. The van der Waals surface area contributed by atoms with Gasteiger partial charge in [0.05, 0.1) is 10.2 Å². The summed E-state index contributed by atoms with van der Waals surface area (Å²) in [6.07, 6.45) is 2.16. The van der Waals surface area contributed by atoms with E-state index in [2.05, 4.69) is 34.8 Å². The van der Waals surface area contributed by atoms with E-state index in [0.717, 1.165) is 17.0 Å². The molecule has 0 atom stereocenters. The van der Waals surface area contributed by atoms with Crippen LogP contribution in [0.25, 0.3) is 5.65 Å². The standard InChI is InChI=1S/C12H15BrFN3/c1-7(2)11-10(3-4-15)17-6-8(14)5-9(13)12(17)16-11/h5-7H,3-4,15H2,1-2H3. The highest BCUT2D eigenvalue weighted by Crippen LogP contribution is 2.26. The van der Waals surface area contributed by atoms with Crippen molar-refractivity contribution in [1.82, 2.24) is 9.38 Å². The zero-order chi connectivity index (χ0) is 12.6. The van der Waals surface area contributed by atoms with Gasteiger partial charge in [0.15, 0.2) is 5.65 Å². The smallest absolute Gasteiger partial charge is 0.151 e. The number of hydrogen-bond acceptors (Lipinski definition) is 2. The number of fused-ring (bicyclic) bond motifs is 1. The van der Waals surface area contributed by atoms with Gasteiger partial charge >= 0.3 is 0 Å². The van der Waals surface area contributed by atoms with E-state index in [1.165, 1.54) is 12.3 Å². The van der Waals surface area contributed by atoms with Gasteiger partial charge in [0.2, 0.25) is 0 Å². The first-order valence-corrected chi connectivity index (χ1v) is 6.39. The normalized spacial score (nSPS) is 11.6. The second kappa shape index (κ2) is 4.74. The maximum absolute atomic E-state index is 13.4. The minimum atomic E-state index is -0.282. The second-order valence-corrected chi connectivity index (χ2v) is 5.19. The van der Waals surface area contributed by atoms with Crippen LogP contribution in [0.1, 0.15) is 31.2 Å². The lowest BCUT2D eigenvalue weighted by atomic mass is 10.1. The molecule has 0 amide bonds. The predicted molar refractivity (Wildman–Crippen MR) is 69.7 cm³/mol. The lowest BCUT2D eigenvalue weighted by Crippen LogP contribution is -2.08. The molecule has 2 aromatic rings. The maximum atomic E-state index is 13.4. The third kappa shape index (κ3) is 2.21. The summed E-state index contributed by atoms with van der Waals surface area (Å²) in [6.45, 7) is 4.68. The summed E-state index contributed by atoms with van der Waals surface area (Å²) < 4.78 is 15.9. The van der Waals surface area contributed by atoms with Crippen molar-refractivity contribution in [2.24, 2.45) is 5.73 Å². The summed E-state index contributed by atoms with van der Waals surface area (Å²) in [5.74, 6) is 0.0155. The van der Waals surface area contributed by atoms with Crippen LogP contribution in [0.5, 0.6) is 0 Å². The molecule has 0 fully saturated rings. The Labute approximate surface area is 108 Å². The third-order valence-corrected chi connectivity index (χ3v) is 3.28. The Bertz CT molecular complexity index is 548. The molecular formula is C12H15BrFN3. The van der Waals surface area contributed by atoms with E-state index in [0.29, 0.717) is 23.4 Å². The molecule has 0 aromatic carbocycles. The zero-order valence-electron chi connectivity index (χ0n) is 9.87. The van der Waals surface area contributed by atoms with Gasteiger partial charge in [0.25, 0.3) is 0 Å². The number of halogens is 2. The molecule has 3 nitrogen and oxygen atoms in total. The van der Waals surface area contributed by atoms with Gasteiger partial charge in [-0.15, -0.1) is 0 Å². The van der Waals surface area contributed by atoms with Crippen molar-refractivity contribution < 1.29 is 4.39 Å². The molecule has 17 heavy (non-hydrogen) atoms. The molecule has 2 aromatic heterocycles. The molecule has 2 N–H and O–H groups in total. The first-order valence-electron chi connectivity index (χ1n) is 5.60. The highest BCUT2D eigenvalue weighted by Gasteiger charge is 2.16. The minimum absolute atomic E-state index is 0.282. The fourth-order valence-electron chi connectivity index (χ4n) is 1.99. The number of pyridine rings is 1. The summed E-state index contributed by atoms with van der Waals surface area (Å²) in [6, 6.07) is 1.43. The van der Waals surface area contributed by atoms with Gasteiger partial charge in [0.1, 0.15) is 5.82 Å². The first-order chi connectivity index (χ1) is 8.04. The molecular weight excluding hydrogens is 285 g/mol. The summed E-state index contributed by atoms with van der Waals surface area (Å²) in [7, 11) is 0. The van der Waals surface area contributed by atoms with Crippen LogP contribution in [0.4, 0.5) is 4.39 Å². The van der Waals surface area contributed by atoms with Gasteiger partial charge in [-0.2, -0.15) is 0 Å². The van der Waals surface area contributed by atoms with Gasteiger partial charge in [-0.25, -0.2) is 9.37 Å². The Kier molecular flexibility index (Phi) is 3.49. The van der Waals surface area contributed by atoms with Crippen LogP contribution in [0.3, 0.4) is 0 Å². The summed E-state index contributed by atoms with van der Waals surface area (Å²) in [5, 5.41) is 0.